The normalized spacial score (nSPS) is 25.4. The van der Waals surface area contributed by atoms with Crippen LogP contribution in [0.3, 0.4) is 0 Å². The fourth-order valence-corrected chi connectivity index (χ4v) is 2.30. The molecule has 0 radical (unpaired) electrons. The second-order valence-corrected chi connectivity index (χ2v) is 4.60. The number of rotatable bonds is 5. The molecule has 0 bridgehead atoms. The van der Waals surface area contributed by atoms with Crippen molar-refractivity contribution in [1.29, 1.82) is 0 Å². The summed E-state index contributed by atoms with van der Waals surface area (Å²) in [6.07, 6.45) is 3.20. The second kappa shape index (κ2) is 6.86. The Hall–Kier alpha value is -0.610. The summed E-state index contributed by atoms with van der Waals surface area (Å²) in [6.45, 7) is 6.35. The predicted molar refractivity (Wildman–Crippen MR) is 64.1 cm³/mol. The molecule has 0 aromatic carbocycles. The number of aliphatic hydroxyl groups excluding tert-OH is 1. The SMILES string of the molecule is CCCN(CCO)C(=O)C1NCCCC1C. The lowest BCUT2D eigenvalue weighted by atomic mass is 9.92. The number of hydrogen-bond donors (Lipinski definition) is 2. The van der Waals surface area contributed by atoms with Crippen molar-refractivity contribution >= 4 is 5.91 Å². The monoisotopic (exact) mass is 228 g/mol. The predicted octanol–water partition coefficient (Wildman–Crippen LogP) is 0.605. The highest BCUT2D eigenvalue weighted by Crippen LogP contribution is 2.17. The Morgan fingerprint density at radius 1 is 1.50 bits per heavy atom. The van der Waals surface area contributed by atoms with Gasteiger partial charge >= 0.3 is 0 Å². The zero-order valence-electron chi connectivity index (χ0n) is 10.4. The Kier molecular flexibility index (Phi) is 5.77. The highest BCUT2D eigenvalue weighted by atomic mass is 16.3. The number of aliphatic hydroxyl groups is 1. The van der Waals surface area contributed by atoms with Crippen molar-refractivity contribution in [2.24, 2.45) is 5.92 Å². The first-order valence-corrected chi connectivity index (χ1v) is 6.33. The van der Waals surface area contributed by atoms with Gasteiger partial charge in [-0.1, -0.05) is 13.8 Å². The van der Waals surface area contributed by atoms with E-state index in [1.165, 1.54) is 0 Å². The van der Waals surface area contributed by atoms with Gasteiger partial charge in [-0.15, -0.1) is 0 Å². The molecule has 0 aromatic rings. The third-order valence-corrected chi connectivity index (χ3v) is 3.21. The molecule has 4 nitrogen and oxygen atoms in total. The first-order valence-electron chi connectivity index (χ1n) is 6.33. The van der Waals surface area contributed by atoms with E-state index >= 15 is 0 Å². The molecule has 1 amide bonds. The topological polar surface area (TPSA) is 52.6 Å². The number of carbonyl (C=O) groups is 1. The van der Waals surface area contributed by atoms with Crippen molar-refractivity contribution in [2.75, 3.05) is 26.2 Å². The van der Waals surface area contributed by atoms with E-state index in [4.69, 9.17) is 5.11 Å². The maximum atomic E-state index is 12.2. The van der Waals surface area contributed by atoms with Gasteiger partial charge in [-0.2, -0.15) is 0 Å². The zero-order chi connectivity index (χ0) is 12.0. The summed E-state index contributed by atoms with van der Waals surface area (Å²) in [5.74, 6) is 0.558. The number of nitrogens with zero attached hydrogens (tertiary/aromatic N) is 1. The molecule has 16 heavy (non-hydrogen) atoms. The van der Waals surface area contributed by atoms with E-state index in [1.807, 2.05) is 0 Å². The van der Waals surface area contributed by atoms with Gasteiger partial charge in [0.1, 0.15) is 0 Å². The smallest absolute Gasteiger partial charge is 0.240 e. The Balaban J connectivity index is 2.57. The van der Waals surface area contributed by atoms with Crippen LogP contribution in [-0.4, -0.2) is 48.2 Å². The van der Waals surface area contributed by atoms with Crippen LogP contribution < -0.4 is 5.32 Å². The first-order chi connectivity index (χ1) is 7.70. The average molecular weight is 228 g/mol. The second-order valence-electron chi connectivity index (χ2n) is 4.60. The summed E-state index contributed by atoms with van der Waals surface area (Å²) >= 11 is 0. The average Bonchev–Trinajstić information content (AvgIpc) is 2.28. The summed E-state index contributed by atoms with van der Waals surface area (Å²) in [5, 5.41) is 12.3. The lowest BCUT2D eigenvalue weighted by Crippen LogP contribution is -2.53. The molecule has 2 atom stereocenters. The van der Waals surface area contributed by atoms with Crippen LogP contribution in [0.1, 0.15) is 33.1 Å². The van der Waals surface area contributed by atoms with E-state index in [9.17, 15) is 4.79 Å². The highest BCUT2D eigenvalue weighted by Gasteiger charge is 2.30. The van der Waals surface area contributed by atoms with Gasteiger partial charge in [0.2, 0.25) is 5.91 Å². The molecule has 2 N–H and O–H groups in total. The van der Waals surface area contributed by atoms with E-state index in [2.05, 4.69) is 19.2 Å². The fraction of sp³-hybridized carbons (Fsp3) is 0.917. The summed E-state index contributed by atoms with van der Waals surface area (Å²) in [4.78, 5) is 14.0. The van der Waals surface area contributed by atoms with Crippen molar-refractivity contribution in [2.45, 2.75) is 39.2 Å². The van der Waals surface area contributed by atoms with E-state index < -0.39 is 0 Å². The zero-order valence-corrected chi connectivity index (χ0v) is 10.4. The molecule has 1 aliphatic rings. The number of hydrogen-bond acceptors (Lipinski definition) is 3. The van der Waals surface area contributed by atoms with Crippen LogP contribution in [0.25, 0.3) is 0 Å². The number of amides is 1. The van der Waals surface area contributed by atoms with E-state index in [0.29, 0.717) is 12.5 Å². The van der Waals surface area contributed by atoms with Crippen molar-refractivity contribution in [1.82, 2.24) is 10.2 Å². The molecule has 1 rings (SSSR count). The lowest BCUT2D eigenvalue weighted by Gasteiger charge is -2.33. The number of piperidine rings is 1. The van der Waals surface area contributed by atoms with Gasteiger partial charge in [0.15, 0.2) is 0 Å². The molecule has 1 saturated heterocycles. The van der Waals surface area contributed by atoms with Crippen LogP contribution in [0.5, 0.6) is 0 Å². The number of carbonyl (C=O) groups excluding carboxylic acids is 1. The van der Waals surface area contributed by atoms with Crippen molar-refractivity contribution in [3.8, 4) is 0 Å². The Bertz CT molecular complexity index is 215. The first kappa shape index (κ1) is 13.5. The molecule has 0 spiro atoms. The van der Waals surface area contributed by atoms with Crippen molar-refractivity contribution < 1.29 is 9.90 Å². The van der Waals surface area contributed by atoms with Gasteiger partial charge in [-0.25, -0.2) is 0 Å². The maximum Gasteiger partial charge on any atom is 0.240 e. The highest BCUT2D eigenvalue weighted by molar-refractivity contribution is 5.82. The Labute approximate surface area is 98.0 Å². The van der Waals surface area contributed by atoms with Gasteiger partial charge in [0, 0.05) is 13.1 Å². The van der Waals surface area contributed by atoms with Crippen LogP contribution in [0.15, 0.2) is 0 Å². The van der Waals surface area contributed by atoms with E-state index in [1.54, 1.807) is 4.90 Å². The molecule has 1 aliphatic heterocycles. The molecule has 1 heterocycles. The van der Waals surface area contributed by atoms with Gasteiger partial charge in [0.05, 0.1) is 12.6 Å². The van der Waals surface area contributed by atoms with Crippen LogP contribution >= 0.6 is 0 Å². The summed E-state index contributed by atoms with van der Waals surface area (Å²) < 4.78 is 0. The molecule has 0 aromatic heterocycles. The minimum Gasteiger partial charge on any atom is -0.395 e. The standard InChI is InChI=1S/C12H24N2O2/c1-3-7-14(8-9-15)12(16)11-10(2)5-4-6-13-11/h10-11,13,15H,3-9H2,1-2H3. The summed E-state index contributed by atoms with van der Waals surface area (Å²) in [6, 6.07) is -0.0492. The molecular weight excluding hydrogens is 204 g/mol. The van der Waals surface area contributed by atoms with Crippen molar-refractivity contribution in [3.05, 3.63) is 0 Å². The number of nitrogens with one attached hydrogen (secondary N) is 1. The molecule has 94 valence electrons. The van der Waals surface area contributed by atoms with Gasteiger partial charge < -0.3 is 15.3 Å². The molecule has 0 saturated carbocycles. The molecule has 2 unspecified atom stereocenters. The third kappa shape index (κ3) is 3.46. The molecule has 1 fully saturated rings. The summed E-state index contributed by atoms with van der Waals surface area (Å²) in [7, 11) is 0. The molecular formula is C12H24N2O2. The van der Waals surface area contributed by atoms with Gasteiger partial charge in [-0.3, -0.25) is 4.79 Å². The quantitative estimate of drug-likeness (QED) is 0.725. The Morgan fingerprint density at radius 2 is 2.25 bits per heavy atom. The fourth-order valence-electron chi connectivity index (χ4n) is 2.30. The lowest BCUT2D eigenvalue weighted by molar-refractivity contribution is -0.135. The van der Waals surface area contributed by atoms with Crippen LogP contribution in [-0.2, 0) is 4.79 Å². The van der Waals surface area contributed by atoms with Crippen LogP contribution in [0.2, 0.25) is 0 Å². The maximum absolute atomic E-state index is 12.2. The van der Waals surface area contributed by atoms with Crippen LogP contribution in [0.4, 0.5) is 0 Å². The Morgan fingerprint density at radius 3 is 2.81 bits per heavy atom. The molecule has 4 heteroatoms. The third-order valence-electron chi connectivity index (χ3n) is 3.21. The van der Waals surface area contributed by atoms with Gasteiger partial charge in [0.25, 0.3) is 0 Å². The summed E-state index contributed by atoms with van der Waals surface area (Å²) in [5.41, 5.74) is 0. The van der Waals surface area contributed by atoms with Gasteiger partial charge in [-0.05, 0) is 31.7 Å². The van der Waals surface area contributed by atoms with E-state index in [0.717, 1.165) is 32.4 Å². The minimum absolute atomic E-state index is 0.0485. The largest absolute Gasteiger partial charge is 0.395 e. The van der Waals surface area contributed by atoms with Crippen LogP contribution in [0, 0.1) is 5.92 Å². The molecule has 0 aliphatic carbocycles. The van der Waals surface area contributed by atoms with E-state index in [-0.39, 0.29) is 18.6 Å². The van der Waals surface area contributed by atoms with Crippen molar-refractivity contribution in [3.63, 3.8) is 0 Å². The minimum atomic E-state index is -0.0492.